The summed E-state index contributed by atoms with van der Waals surface area (Å²) >= 11 is 6.37. The van der Waals surface area contributed by atoms with E-state index in [1.165, 1.54) is 5.56 Å². The summed E-state index contributed by atoms with van der Waals surface area (Å²) in [6.07, 6.45) is 0.998. The lowest BCUT2D eigenvalue weighted by Gasteiger charge is -2.30. The molecule has 0 saturated heterocycles. The summed E-state index contributed by atoms with van der Waals surface area (Å²) in [6, 6.07) is 6.24. The first-order valence-corrected chi connectivity index (χ1v) is 8.33. The van der Waals surface area contributed by atoms with Crippen LogP contribution < -0.4 is 5.32 Å². The van der Waals surface area contributed by atoms with Gasteiger partial charge in [0.2, 0.25) is 9.76 Å². The Morgan fingerprint density at radius 1 is 1.20 bits per heavy atom. The predicted molar refractivity (Wildman–Crippen MR) is 88.7 cm³/mol. The van der Waals surface area contributed by atoms with Crippen LogP contribution in [-0.4, -0.2) is 23.4 Å². The molecule has 0 bridgehead atoms. The number of benzene rings is 1. The van der Waals surface area contributed by atoms with Gasteiger partial charge in [-0.25, -0.2) is 0 Å². The van der Waals surface area contributed by atoms with Crippen LogP contribution in [0.15, 0.2) is 18.2 Å². The van der Waals surface area contributed by atoms with E-state index in [0.717, 1.165) is 23.6 Å². The molecule has 2 radical (unpaired) electrons. The van der Waals surface area contributed by atoms with Gasteiger partial charge in [0, 0.05) is 10.6 Å². The van der Waals surface area contributed by atoms with E-state index in [9.17, 15) is 0 Å². The molecule has 0 spiro atoms. The third-order valence-corrected chi connectivity index (χ3v) is 4.51. The Hall–Kier alpha value is -0.353. The Morgan fingerprint density at radius 3 is 2.40 bits per heavy atom. The van der Waals surface area contributed by atoms with E-state index in [-0.39, 0.29) is 10.6 Å². The topological polar surface area (TPSA) is 21.3 Å². The van der Waals surface area contributed by atoms with Crippen LogP contribution in [0.25, 0.3) is 0 Å². The van der Waals surface area contributed by atoms with Gasteiger partial charge >= 0.3 is 0 Å². The van der Waals surface area contributed by atoms with Gasteiger partial charge in [0.1, 0.15) is 0 Å². The van der Waals surface area contributed by atoms with E-state index in [1.807, 2.05) is 13.1 Å². The third-order valence-electron chi connectivity index (χ3n) is 2.96. The van der Waals surface area contributed by atoms with Crippen LogP contribution >= 0.6 is 11.6 Å². The maximum absolute atomic E-state index is 6.37. The quantitative estimate of drug-likeness (QED) is 0.795. The number of likely N-dealkylation sites (N-methyl/N-ethyl adjacent to an activating group) is 1. The number of hydrogen-bond donors (Lipinski definition) is 1. The molecule has 0 aliphatic heterocycles. The minimum absolute atomic E-state index is 0.174. The van der Waals surface area contributed by atoms with Crippen LogP contribution in [0.3, 0.4) is 0 Å². The normalized spacial score (nSPS) is 12.8. The summed E-state index contributed by atoms with van der Waals surface area (Å²) in [6.45, 7) is 11.7. The Kier molecular flexibility index (Phi) is 6.26. The zero-order valence-corrected chi connectivity index (χ0v) is 15.2. The van der Waals surface area contributed by atoms with Crippen molar-refractivity contribution in [3.63, 3.8) is 0 Å². The van der Waals surface area contributed by atoms with Crippen molar-refractivity contribution < 1.29 is 4.43 Å². The average Bonchev–Trinajstić information content (AvgIpc) is 2.34. The highest BCUT2D eigenvalue weighted by atomic mass is 35.5. The highest BCUT2D eigenvalue weighted by molar-refractivity contribution is 6.32. The van der Waals surface area contributed by atoms with E-state index in [0.29, 0.717) is 9.76 Å². The number of hydrogen-bond acceptors (Lipinski definition) is 2. The molecular weight excluding hydrogens is 286 g/mol. The lowest BCUT2D eigenvalue weighted by molar-refractivity contribution is 0.109. The molecular formula is C16H26ClNOSi. The standard InChI is InChI=1S/C16H26ClNOSi/c1-15(2,3)20-19-16(4,5)13-11-12(9-10-18-6)7-8-14(13)17/h7-8,11,18H,9-10H2,1-6H3. The molecule has 4 heteroatoms. The van der Waals surface area contributed by atoms with E-state index in [1.54, 1.807) is 0 Å². The van der Waals surface area contributed by atoms with Gasteiger partial charge in [-0.2, -0.15) is 0 Å². The first-order chi connectivity index (χ1) is 9.15. The molecule has 0 amide bonds. The number of rotatable bonds is 6. The smallest absolute Gasteiger partial charge is 0.236 e. The molecule has 20 heavy (non-hydrogen) atoms. The summed E-state index contributed by atoms with van der Waals surface area (Å²) in [5.41, 5.74) is 2.00. The zero-order valence-electron chi connectivity index (χ0n) is 13.4. The molecule has 2 nitrogen and oxygen atoms in total. The fraction of sp³-hybridized carbons (Fsp3) is 0.625. The average molecular weight is 312 g/mol. The highest BCUT2D eigenvalue weighted by Crippen LogP contribution is 2.34. The van der Waals surface area contributed by atoms with Crippen molar-refractivity contribution in [3.8, 4) is 0 Å². The Morgan fingerprint density at radius 2 is 1.85 bits per heavy atom. The van der Waals surface area contributed by atoms with Crippen molar-refractivity contribution in [3.05, 3.63) is 34.3 Å². The molecule has 0 atom stereocenters. The lowest BCUT2D eigenvalue weighted by atomic mass is 9.95. The summed E-state index contributed by atoms with van der Waals surface area (Å²) < 4.78 is 6.15. The molecule has 1 rings (SSSR count). The Balaban J connectivity index is 2.91. The van der Waals surface area contributed by atoms with Gasteiger partial charge in [0.15, 0.2) is 0 Å². The van der Waals surface area contributed by atoms with E-state index in [4.69, 9.17) is 16.0 Å². The molecule has 0 fully saturated rings. The Bertz CT molecular complexity index is 441. The predicted octanol–water partition coefficient (Wildman–Crippen LogP) is 4.19. The van der Waals surface area contributed by atoms with Gasteiger partial charge in [-0.05, 0) is 50.5 Å². The van der Waals surface area contributed by atoms with Gasteiger partial charge in [-0.1, -0.05) is 44.5 Å². The summed E-state index contributed by atoms with van der Waals surface area (Å²) in [7, 11) is 2.41. The van der Waals surface area contributed by atoms with Crippen LogP contribution in [0, 0.1) is 0 Å². The van der Waals surface area contributed by atoms with Crippen LogP contribution in [0.5, 0.6) is 0 Å². The summed E-state index contributed by atoms with van der Waals surface area (Å²) in [4.78, 5) is 0. The molecule has 0 unspecified atom stereocenters. The first kappa shape index (κ1) is 17.7. The molecule has 0 heterocycles. The van der Waals surface area contributed by atoms with Crippen molar-refractivity contribution in [1.29, 1.82) is 0 Å². The monoisotopic (exact) mass is 311 g/mol. The molecule has 1 aromatic carbocycles. The van der Waals surface area contributed by atoms with Gasteiger partial charge in [-0.3, -0.25) is 0 Å². The van der Waals surface area contributed by atoms with Crippen LogP contribution in [-0.2, 0) is 16.4 Å². The maximum atomic E-state index is 6.37. The van der Waals surface area contributed by atoms with Gasteiger partial charge in [0.25, 0.3) is 0 Å². The van der Waals surface area contributed by atoms with Gasteiger partial charge in [-0.15, -0.1) is 0 Å². The van der Waals surface area contributed by atoms with Crippen molar-refractivity contribution >= 4 is 21.4 Å². The van der Waals surface area contributed by atoms with E-state index < -0.39 is 0 Å². The zero-order chi connectivity index (χ0) is 15.4. The highest BCUT2D eigenvalue weighted by Gasteiger charge is 2.27. The largest absolute Gasteiger partial charge is 0.408 e. The van der Waals surface area contributed by atoms with Gasteiger partial charge < -0.3 is 9.74 Å². The van der Waals surface area contributed by atoms with Crippen LogP contribution in [0.1, 0.15) is 45.7 Å². The molecule has 0 aromatic heterocycles. The van der Waals surface area contributed by atoms with Crippen molar-refractivity contribution in [2.24, 2.45) is 0 Å². The van der Waals surface area contributed by atoms with E-state index in [2.05, 4.69) is 52.1 Å². The minimum atomic E-state index is -0.363. The fourth-order valence-electron chi connectivity index (χ4n) is 1.79. The molecule has 1 N–H and O–H groups in total. The second-order valence-corrected chi connectivity index (χ2v) is 8.95. The molecule has 0 saturated carbocycles. The SMILES string of the molecule is CNCCc1ccc(Cl)c(C(C)(C)O[Si]C(C)(C)C)c1. The van der Waals surface area contributed by atoms with Crippen LogP contribution in [0.4, 0.5) is 0 Å². The second-order valence-electron chi connectivity index (χ2n) is 6.63. The van der Waals surface area contributed by atoms with Crippen LogP contribution in [0.2, 0.25) is 10.1 Å². The summed E-state index contributed by atoms with van der Waals surface area (Å²) in [5, 5.41) is 4.12. The van der Waals surface area contributed by atoms with Crippen molar-refractivity contribution in [2.75, 3.05) is 13.6 Å². The minimum Gasteiger partial charge on any atom is -0.408 e. The lowest BCUT2D eigenvalue weighted by Crippen LogP contribution is -2.28. The number of nitrogens with one attached hydrogen (secondary N) is 1. The van der Waals surface area contributed by atoms with E-state index >= 15 is 0 Å². The van der Waals surface area contributed by atoms with Crippen molar-refractivity contribution in [2.45, 2.75) is 51.7 Å². The molecule has 112 valence electrons. The fourth-order valence-corrected chi connectivity index (χ4v) is 2.81. The number of halogens is 1. The van der Waals surface area contributed by atoms with Crippen molar-refractivity contribution in [1.82, 2.24) is 5.32 Å². The third kappa shape index (κ3) is 5.56. The molecule has 0 aliphatic carbocycles. The molecule has 1 aromatic rings. The molecule has 0 aliphatic rings. The summed E-state index contributed by atoms with van der Waals surface area (Å²) in [5.74, 6) is 0. The maximum Gasteiger partial charge on any atom is 0.236 e. The van der Waals surface area contributed by atoms with Gasteiger partial charge in [0.05, 0.1) is 5.60 Å². The first-order valence-electron chi connectivity index (χ1n) is 7.04. The second kappa shape index (κ2) is 7.08. The Labute approximate surface area is 131 Å².